The van der Waals surface area contributed by atoms with Gasteiger partial charge in [-0.1, -0.05) is 6.07 Å². The van der Waals surface area contributed by atoms with E-state index in [0.717, 1.165) is 17.8 Å². The lowest BCUT2D eigenvalue weighted by atomic mass is 9.90. The Morgan fingerprint density at radius 2 is 1.68 bits per heavy atom. The summed E-state index contributed by atoms with van der Waals surface area (Å²) in [7, 11) is -4.14. The first kappa shape index (κ1) is 24.2. The zero-order valence-corrected chi connectivity index (χ0v) is 19.2. The van der Waals surface area contributed by atoms with E-state index in [9.17, 15) is 26.7 Å². The maximum atomic E-state index is 14.7. The SMILES string of the molecule is C[C@H]([C@](O)(Cn1cncn1)c1ccc(F)cc1F)S(=O)(=O)N1CCN(c2ccc(F)cc2)CC1. The second kappa shape index (κ2) is 9.35. The van der Waals surface area contributed by atoms with Crippen molar-refractivity contribution < 1.29 is 26.7 Å². The lowest BCUT2D eigenvalue weighted by Crippen LogP contribution is -2.56. The van der Waals surface area contributed by atoms with Crippen LogP contribution in [0.4, 0.5) is 18.9 Å². The van der Waals surface area contributed by atoms with Gasteiger partial charge in [0.15, 0.2) is 0 Å². The highest BCUT2D eigenvalue weighted by Crippen LogP contribution is 2.35. The largest absolute Gasteiger partial charge is 0.382 e. The fourth-order valence-corrected chi connectivity index (χ4v) is 5.97. The average molecular weight is 496 g/mol. The van der Waals surface area contributed by atoms with Crippen molar-refractivity contribution in [3.8, 4) is 0 Å². The second-order valence-electron chi connectivity index (χ2n) is 8.19. The first-order valence-corrected chi connectivity index (χ1v) is 12.1. The molecule has 2 aromatic carbocycles. The summed E-state index contributed by atoms with van der Waals surface area (Å²) in [5.74, 6) is -2.28. The van der Waals surface area contributed by atoms with Gasteiger partial charge in [0.25, 0.3) is 0 Å². The van der Waals surface area contributed by atoms with Crippen LogP contribution in [0.15, 0.2) is 55.1 Å². The molecule has 1 fully saturated rings. The summed E-state index contributed by atoms with van der Waals surface area (Å²) in [6, 6.07) is 8.52. The zero-order chi connectivity index (χ0) is 24.5. The smallest absolute Gasteiger partial charge is 0.220 e. The van der Waals surface area contributed by atoms with Gasteiger partial charge in [0, 0.05) is 43.5 Å². The number of hydrogen-bond acceptors (Lipinski definition) is 6. The minimum atomic E-state index is -4.14. The second-order valence-corrected chi connectivity index (χ2v) is 10.4. The van der Waals surface area contributed by atoms with Crippen molar-refractivity contribution in [3.63, 3.8) is 0 Å². The molecular formula is C22H24F3N5O3S. The first-order chi connectivity index (χ1) is 16.1. The highest BCUT2D eigenvalue weighted by atomic mass is 32.2. The highest BCUT2D eigenvalue weighted by Gasteiger charge is 2.48. The lowest BCUT2D eigenvalue weighted by Gasteiger charge is -2.40. The predicted octanol–water partition coefficient (Wildman–Crippen LogP) is 2.12. The van der Waals surface area contributed by atoms with Crippen LogP contribution in [0.2, 0.25) is 0 Å². The van der Waals surface area contributed by atoms with Crippen molar-refractivity contribution in [2.24, 2.45) is 0 Å². The number of rotatable bonds is 7. The highest BCUT2D eigenvalue weighted by molar-refractivity contribution is 7.89. The Morgan fingerprint density at radius 1 is 1.03 bits per heavy atom. The van der Waals surface area contributed by atoms with Crippen molar-refractivity contribution in [2.45, 2.75) is 24.3 Å². The molecule has 0 aliphatic carbocycles. The van der Waals surface area contributed by atoms with Crippen LogP contribution in [0.1, 0.15) is 12.5 Å². The molecule has 1 N–H and O–H groups in total. The van der Waals surface area contributed by atoms with Crippen molar-refractivity contribution in [1.82, 2.24) is 19.1 Å². The summed E-state index contributed by atoms with van der Waals surface area (Å²) < 4.78 is 71.0. The van der Waals surface area contributed by atoms with E-state index in [1.165, 1.54) is 40.7 Å². The Bertz CT molecular complexity index is 1230. The van der Waals surface area contributed by atoms with Gasteiger partial charge < -0.3 is 10.0 Å². The molecule has 2 atom stereocenters. The van der Waals surface area contributed by atoms with Gasteiger partial charge in [-0.25, -0.2) is 31.3 Å². The molecule has 0 radical (unpaired) electrons. The van der Waals surface area contributed by atoms with Crippen LogP contribution >= 0.6 is 0 Å². The molecule has 1 aliphatic rings. The lowest BCUT2D eigenvalue weighted by molar-refractivity contribution is 0.00953. The maximum absolute atomic E-state index is 14.7. The van der Waals surface area contributed by atoms with Gasteiger partial charge in [-0.3, -0.25) is 0 Å². The number of hydrogen-bond donors (Lipinski definition) is 1. The molecule has 0 bridgehead atoms. The van der Waals surface area contributed by atoms with Gasteiger partial charge in [0.1, 0.15) is 41.0 Å². The summed E-state index contributed by atoms with van der Waals surface area (Å²) in [5.41, 5.74) is -1.86. The Labute approximate surface area is 195 Å². The van der Waals surface area contributed by atoms with Crippen LogP contribution in [-0.4, -0.2) is 64.0 Å². The molecular weight excluding hydrogens is 471 g/mol. The van der Waals surface area contributed by atoms with Crippen LogP contribution in [-0.2, 0) is 22.2 Å². The number of nitrogens with zero attached hydrogens (tertiary/aromatic N) is 5. The number of sulfonamides is 1. The Kier molecular flexibility index (Phi) is 6.65. The first-order valence-electron chi connectivity index (χ1n) is 10.6. The molecule has 182 valence electrons. The number of benzene rings is 2. The van der Waals surface area contributed by atoms with E-state index in [1.54, 1.807) is 12.1 Å². The van der Waals surface area contributed by atoms with E-state index in [-0.39, 0.29) is 24.5 Å². The molecule has 3 aromatic rings. The minimum Gasteiger partial charge on any atom is -0.382 e. The van der Waals surface area contributed by atoms with Gasteiger partial charge in [-0.05, 0) is 37.3 Å². The van der Waals surface area contributed by atoms with Crippen LogP contribution in [0.25, 0.3) is 0 Å². The van der Waals surface area contributed by atoms with E-state index < -0.39 is 39.1 Å². The molecule has 8 nitrogen and oxygen atoms in total. The fourth-order valence-electron chi connectivity index (χ4n) is 4.16. The average Bonchev–Trinajstić information content (AvgIpc) is 3.31. The van der Waals surface area contributed by atoms with Gasteiger partial charge in [0.2, 0.25) is 10.0 Å². The molecule has 4 rings (SSSR count). The fraction of sp³-hybridized carbons (Fsp3) is 0.364. The van der Waals surface area contributed by atoms with E-state index in [0.29, 0.717) is 19.2 Å². The molecule has 1 aromatic heterocycles. The summed E-state index contributed by atoms with van der Waals surface area (Å²) in [5, 5.41) is 14.0. The van der Waals surface area contributed by atoms with E-state index in [2.05, 4.69) is 10.1 Å². The molecule has 0 unspecified atom stereocenters. The normalized spacial score (nSPS) is 18.0. The number of anilines is 1. The number of piperazine rings is 1. The van der Waals surface area contributed by atoms with E-state index >= 15 is 0 Å². The topological polar surface area (TPSA) is 91.6 Å². The van der Waals surface area contributed by atoms with E-state index in [1.807, 2.05) is 4.90 Å². The van der Waals surface area contributed by atoms with Gasteiger partial charge in [-0.15, -0.1) is 0 Å². The Balaban J connectivity index is 1.60. The molecule has 0 spiro atoms. The van der Waals surface area contributed by atoms with Crippen LogP contribution < -0.4 is 4.90 Å². The van der Waals surface area contributed by atoms with E-state index in [4.69, 9.17) is 0 Å². The number of aromatic nitrogens is 3. The summed E-state index contributed by atoms with van der Waals surface area (Å²) >= 11 is 0. The number of halogens is 3. The third-order valence-electron chi connectivity index (χ3n) is 6.18. The summed E-state index contributed by atoms with van der Waals surface area (Å²) in [4.78, 5) is 5.72. The number of aliphatic hydroxyl groups is 1. The van der Waals surface area contributed by atoms with Gasteiger partial charge >= 0.3 is 0 Å². The van der Waals surface area contributed by atoms with Gasteiger partial charge in [0.05, 0.1) is 6.54 Å². The third kappa shape index (κ3) is 4.65. The monoisotopic (exact) mass is 495 g/mol. The quantitative estimate of drug-likeness (QED) is 0.540. The molecule has 0 amide bonds. The van der Waals surface area contributed by atoms with Crippen molar-refractivity contribution in [3.05, 3.63) is 78.1 Å². The van der Waals surface area contributed by atoms with Gasteiger partial charge in [-0.2, -0.15) is 9.40 Å². The molecule has 1 saturated heterocycles. The zero-order valence-electron chi connectivity index (χ0n) is 18.4. The minimum absolute atomic E-state index is 0.120. The van der Waals surface area contributed by atoms with Crippen molar-refractivity contribution >= 4 is 15.7 Å². The maximum Gasteiger partial charge on any atom is 0.220 e. The third-order valence-corrected chi connectivity index (χ3v) is 8.55. The summed E-state index contributed by atoms with van der Waals surface area (Å²) in [6.07, 6.45) is 2.47. The Hall–Kier alpha value is -2.96. The van der Waals surface area contributed by atoms with Crippen LogP contribution in [0.3, 0.4) is 0 Å². The molecule has 0 saturated carbocycles. The standard InChI is InChI=1S/C22H24F3N5O3S/c1-16(22(31,13-29-15-26-14-27-29)20-7-4-18(24)12-21(20)25)34(32,33)30-10-8-28(9-11-30)19-5-2-17(23)3-6-19/h2-7,12,14-16,31H,8-11,13H2,1H3/t16-,22-/m1/s1. The van der Waals surface area contributed by atoms with Crippen molar-refractivity contribution in [2.75, 3.05) is 31.1 Å². The van der Waals surface area contributed by atoms with Crippen LogP contribution in [0.5, 0.6) is 0 Å². The molecule has 12 heteroatoms. The van der Waals surface area contributed by atoms with Crippen molar-refractivity contribution in [1.29, 1.82) is 0 Å². The molecule has 2 heterocycles. The van der Waals surface area contributed by atoms with Crippen LogP contribution in [0, 0.1) is 17.5 Å². The summed E-state index contributed by atoms with van der Waals surface area (Å²) in [6.45, 7) is 1.83. The predicted molar refractivity (Wildman–Crippen MR) is 119 cm³/mol. The molecule has 1 aliphatic heterocycles. The molecule has 34 heavy (non-hydrogen) atoms. The Morgan fingerprint density at radius 3 is 2.26 bits per heavy atom.